The summed E-state index contributed by atoms with van der Waals surface area (Å²) in [5.41, 5.74) is 3.06. The standard InChI is InChI=1S/C19H21NO/c1-3-4-5-6-17-8-12-18(20-15-17)11-7-16-9-13-19(21-2)14-10-16/h8-10,12-15H,3-6H2,1-2H3. The maximum Gasteiger partial charge on any atom is 0.118 e. The van der Waals surface area contributed by atoms with Crippen molar-refractivity contribution >= 4 is 0 Å². The van der Waals surface area contributed by atoms with E-state index in [1.807, 2.05) is 36.5 Å². The Balaban J connectivity index is 1.98. The average Bonchev–Trinajstić information content (AvgIpc) is 2.55. The molecule has 0 unspecified atom stereocenters. The fraction of sp³-hybridized carbons (Fsp3) is 0.316. The Kier molecular flexibility index (Phi) is 5.84. The average molecular weight is 279 g/mol. The van der Waals surface area contributed by atoms with Gasteiger partial charge in [-0.1, -0.05) is 31.8 Å². The van der Waals surface area contributed by atoms with Crippen LogP contribution in [-0.4, -0.2) is 12.1 Å². The molecule has 2 aromatic rings. The summed E-state index contributed by atoms with van der Waals surface area (Å²) in [7, 11) is 1.66. The highest BCUT2D eigenvalue weighted by Crippen LogP contribution is 2.10. The number of aromatic nitrogens is 1. The predicted octanol–water partition coefficient (Wildman–Crippen LogP) is 4.22. The van der Waals surface area contributed by atoms with Crippen LogP contribution in [0.5, 0.6) is 5.75 Å². The summed E-state index contributed by atoms with van der Waals surface area (Å²) < 4.78 is 5.12. The minimum Gasteiger partial charge on any atom is -0.497 e. The zero-order chi connectivity index (χ0) is 14.9. The van der Waals surface area contributed by atoms with Gasteiger partial charge in [-0.25, -0.2) is 4.98 Å². The lowest BCUT2D eigenvalue weighted by Crippen LogP contribution is -1.89. The predicted molar refractivity (Wildman–Crippen MR) is 86.4 cm³/mol. The Morgan fingerprint density at radius 3 is 2.43 bits per heavy atom. The van der Waals surface area contributed by atoms with E-state index in [1.165, 1.54) is 24.8 Å². The van der Waals surface area contributed by atoms with Crippen LogP contribution in [0.1, 0.15) is 43.0 Å². The van der Waals surface area contributed by atoms with Gasteiger partial charge in [0.15, 0.2) is 0 Å². The van der Waals surface area contributed by atoms with Crippen molar-refractivity contribution in [2.24, 2.45) is 0 Å². The van der Waals surface area contributed by atoms with Gasteiger partial charge in [0.25, 0.3) is 0 Å². The molecule has 21 heavy (non-hydrogen) atoms. The zero-order valence-electron chi connectivity index (χ0n) is 12.7. The smallest absolute Gasteiger partial charge is 0.118 e. The number of hydrogen-bond donors (Lipinski definition) is 0. The highest BCUT2D eigenvalue weighted by Gasteiger charge is 1.95. The topological polar surface area (TPSA) is 22.1 Å². The zero-order valence-corrected chi connectivity index (χ0v) is 12.7. The molecule has 0 aliphatic rings. The summed E-state index contributed by atoms with van der Waals surface area (Å²) in [6, 6.07) is 11.8. The van der Waals surface area contributed by atoms with Crippen molar-refractivity contribution in [3.63, 3.8) is 0 Å². The Morgan fingerprint density at radius 1 is 1.00 bits per heavy atom. The lowest BCUT2D eigenvalue weighted by Gasteiger charge is -2.00. The van der Waals surface area contributed by atoms with Gasteiger partial charge in [0, 0.05) is 11.8 Å². The highest BCUT2D eigenvalue weighted by atomic mass is 16.5. The number of nitrogens with zero attached hydrogens (tertiary/aromatic N) is 1. The molecule has 0 aliphatic carbocycles. The molecule has 0 atom stereocenters. The van der Waals surface area contributed by atoms with E-state index in [9.17, 15) is 0 Å². The molecule has 2 rings (SSSR count). The fourth-order valence-electron chi connectivity index (χ4n) is 2.04. The van der Waals surface area contributed by atoms with E-state index >= 15 is 0 Å². The molecule has 1 heterocycles. The largest absolute Gasteiger partial charge is 0.497 e. The van der Waals surface area contributed by atoms with Crippen LogP contribution in [0.2, 0.25) is 0 Å². The highest BCUT2D eigenvalue weighted by molar-refractivity contribution is 5.42. The molecule has 0 radical (unpaired) electrons. The van der Waals surface area contributed by atoms with Gasteiger partial charge in [-0.3, -0.25) is 0 Å². The second kappa shape index (κ2) is 8.11. The number of pyridine rings is 1. The Bertz CT molecular complexity index is 603. The van der Waals surface area contributed by atoms with Gasteiger partial charge in [-0.15, -0.1) is 0 Å². The van der Waals surface area contributed by atoms with Crippen molar-refractivity contribution in [3.05, 3.63) is 59.4 Å². The first-order valence-corrected chi connectivity index (χ1v) is 7.43. The molecule has 0 saturated heterocycles. The second-order valence-electron chi connectivity index (χ2n) is 4.99. The van der Waals surface area contributed by atoms with Crippen LogP contribution in [0.25, 0.3) is 0 Å². The van der Waals surface area contributed by atoms with Crippen molar-refractivity contribution in [1.29, 1.82) is 0 Å². The molecule has 0 fully saturated rings. The van der Waals surface area contributed by atoms with Gasteiger partial charge < -0.3 is 4.74 Å². The third-order valence-corrected chi connectivity index (χ3v) is 3.32. The van der Waals surface area contributed by atoms with Gasteiger partial charge >= 0.3 is 0 Å². The summed E-state index contributed by atoms with van der Waals surface area (Å²) in [4.78, 5) is 4.41. The molecule has 2 heteroatoms. The van der Waals surface area contributed by atoms with Crippen molar-refractivity contribution in [1.82, 2.24) is 4.98 Å². The van der Waals surface area contributed by atoms with Crippen LogP contribution in [0, 0.1) is 11.8 Å². The number of rotatable bonds is 5. The van der Waals surface area contributed by atoms with Crippen molar-refractivity contribution in [2.75, 3.05) is 7.11 Å². The third kappa shape index (κ3) is 4.96. The molecule has 1 aromatic heterocycles. The molecular formula is C19H21NO. The van der Waals surface area contributed by atoms with Crippen molar-refractivity contribution < 1.29 is 4.74 Å². The molecule has 0 bridgehead atoms. The molecule has 0 spiro atoms. The number of benzene rings is 1. The van der Waals surface area contributed by atoms with Crippen LogP contribution < -0.4 is 4.74 Å². The Hall–Kier alpha value is -2.27. The molecule has 108 valence electrons. The quantitative estimate of drug-likeness (QED) is 0.604. The lowest BCUT2D eigenvalue weighted by molar-refractivity contribution is 0.415. The first kappa shape index (κ1) is 15.1. The van der Waals surface area contributed by atoms with Crippen LogP contribution in [0.3, 0.4) is 0 Å². The van der Waals surface area contributed by atoms with E-state index in [0.717, 1.165) is 23.4 Å². The summed E-state index contributed by atoms with van der Waals surface area (Å²) in [5.74, 6) is 7.05. The van der Waals surface area contributed by atoms with Crippen LogP contribution in [-0.2, 0) is 6.42 Å². The minimum atomic E-state index is 0.810. The van der Waals surface area contributed by atoms with E-state index in [0.29, 0.717) is 0 Å². The van der Waals surface area contributed by atoms with Gasteiger partial charge in [-0.05, 0) is 54.7 Å². The van der Waals surface area contributed by atoms with Gasteiger partial charge in [0.05, 0.1) is 7.11 Å². The van der Waals surface area contributed by atoms with E-state index < -0.39 is 0 Å². The number of unbranched alkanes of at least 4 members (excludes halogenated alkanes) is 2. The maximum absolute atomic E-state index is 5.12. The normalized spacial score (nSPS) is 9.81. The summed E-state index contributed by atoms with van der Waals surface area (Å²) in [6.07, 6.45) is 6.80. The van der Waals surface area contributed by atoms with Gasteiger partial charge in [0.1, 0.15) is 11.4 Å². The van der Waals surface area contributed by atoms with E-state index in [2.05, 4.69) is 29.8 Å². The molecule has 0 amide bonds. The number of hydrogen-bond acceptors (Lipinski definition) is 2. The number of aryl methyl sites for hydroxylation is 1. The Morgan fingerprint density at radius 2 is 1.81 bits per heavy atom. The number of methoxy groups -OCH3 is 1. The van der Waals surface area contributed by atoms with Crippen LogP contribution in [0.15, 0.2) is 42.6 Å². The summed E-state index contributed by atoms with van der Waals surface area (Å²) >= 11 is 0. The summed E-state index contributed by atoms with van der Waals surface area (Å²) in [6.45, 7) is 2.22. The molecular weight excluding hydrogens is 258 g/mol. The minimum absolute atomic E-state index is 0.810. The lowest BCUT2D eigenvalue weighted by atomic mass is 10.1. The molecule has 1 aromatic carbocycles. The first-order chi connectivity index (χ1) is 10.3. The Labute approximate surface area is 127 Å². The molecule has 0 saturated carbocycles. The fourth-order valence-corrected chi connectivity index (χ4v) is 2.04. The summed E-state index contributed by atoms with van der Waals surface area (Å²) in [5, 5.41) is 0. The first-order valence-electron chi connectivity index (χ1n) is 7.43. The van der Waals surface area contributed by atoms with Crippen LogP contribution >= 0.6 is 0 Å². The van der Waals surface area contributed by atoms with Crippen molar-refractivity contribution in [3.8, 4) is 17.6 Å². The SMILES string of the molecule is CCCCCc1ccc(C#Cc2ccc(OC)cc2)nc1. The van der Waals surface area contributed by atoms with Crippen LogP contribution in [0.4, 0.5) is 0 Å². The molecule has 2 nitrogen and oxygen atoms in total. The molecule has 0 aliphatic heterocycles. The third-order valence-electron chi connectivity index (χ3n) is 3.32. The maximum atomic E-state index is 5.12. The van der Waals surface area contributed by atoms with E-state index in [1.54, 1.807) is 7.11 Å². The van der Waals surface area contributed by atoms with E-state index in [-0.39, 0.29) is 0 Å². The van der Waals surface area contributed by atoms with Gasteiger partial charge in [0.2, 0.25) is 0 Å². The number of ether oxygens (including phenoxy) is 1. The second-order valence-corrected chi connectivity index (χ2v) is 4.99. The van der Waals surface area contributed by atoms with Crippen molar-refractivity contribution in [2.45, 2.75) is 32.6 Å². The van der Waals surface area contributed by atoms with Gasteiger partial charge in [-0.2, -0.15) is 0 Å². The molecule has 0 N–H and O–H groups in total. The van der Waals surface area contributed by atoms with E-state index in [4.69, 9.17) is 4.74 Å². The monoisotopic (exact) mass is 279 g/mol.